The second kappa shape index (κ2) is 11.3. The molecule has 202 valence electrons. The molecular weight excluding hydrogens is 500 g/mol. The van der Waals surface area contributed by atoms with E-state index in [1.165, 1.54) is 22.3 Å². The van der Waals surface area contributed by atoms with Gasteiger partial charge in [-0.05, 0) is 54.2 Å². The summed E-state index contributed by atoms with van der Waals surface area (Å²) in [4.78, 5) is 24.5. The molecule has 0 unspecified atom stereocenters. The van der Waals surface area contributed by atoms with Gasteiger partial charge in [-0.1, -0.05) is 78.9 Å². The quantitative estimate of drug-likeness (QED) is 0.257. The number of nitrogens with one attached hydrogen (secondary N) is 3. The Labute approximate surface area is 233 Å². The first-order valence-electron chi connectivity index (χ1n) is 13.1. The molecule has 2 heterocycles. The summed E-state index contributed by atoms with van der Waals surface area (Å²) in [7, 11) is 0. The van der Waals surface area contributed by atoms with Crippen molar-refractivity contribution in [2.75, 3.05) is 0 Å². The van der Waals surface area contributed by atoms with Crippen molar-refractivity contribution in [3.63, 3.8) is 0 Å². The van der Waals surface area contributed by atoms with Crippen molar-refractivity contribution in [2.24, 2.45) is 5.73 Å². The molecule has 8 heteroatoms. The van der Waals surface area contributed by atoms with Crippen LogP contribution in [0.2, 0.25) is 0 Å². The van der Waals surface area contributed by atoms with Crippen molar-refractivity contribution < 1.29 is 9.59 Å². The number of rotatable bonds is 8. The largest absolute Gasteiger partial charge is 0.395 e. The van der Waals surface area contributed by atoms with Gasteiger partial charge in [-0.2, -0.15) is 5.10 Å². The highest BCUT2D eigenvalue weighted by Gasteiger charge is 2.25. The van der Waals surface area contributed by atoms with E-state index in [1.54, 1.807) is 0 Å². The van der Waals surface area contributed by atoms with Gasteiger partial charge in [0, 0.05) is 18.3 Å². The molecule has 0 bridgehead atoms. The Kier molecular flexibility index (Phi) is 7.50. The van der Waals surface area contributed by atoms with Crippen LogP contribution in [0.3, 0.4) is 0 Å². The van der Waals surface area contributed by atoms with Gasteiger partial charge >= 0.3 is 6.03 Å². The number of urea groups is 1. The lowest BCUT2D eigenvalue weighted by Gasteiger charge is -2.22. The maximum atomic E-state index is 12.8. The number of hydrogen-bond donors (Lipinski definition) is 4. The third kappa shape index (κ3) is 5.96. The zero-order valence-electron chi connectivity index (χ0n) is 22.6. The molecule has 0 spiro atoms. The van der Waals surface area contributed by atoms with E-state index in [4.69, 9.17) is 5.73 Å². The van der Waals surface area contributed by atoms with Gasteiger partial charge in [0.1, 0.15) is 5.70 Å². The molecule has 5 rings (SSSR count). The Balaban J connectivity index is 1.24. The van der Waals surface area contributed by atoms with Crippen molar-refractivity contribution in [1.29, 1.82) is 0 Å². The van der Waals surface area contributed by atoms with Crippen LogP contribution in [0.15, 0.2) is 109 Å². The number of carbonyl (C=O) groups excluding carboxylic acids is 2. The highest BCUT2D eigenvalue weighted by atomic mass is 16.2. The summed E-state index contributed by atoms with van der Waals surface area (Å²) in [6.07, 6.45) is 4.75. The van der Waals surface area contributed by atoms with Crippen LogP contribution in [-0.4, -0.2) is 21.7 Å². The molecule has 40 heavy (non-hydrogen) atoms. The zero-order valence-corrected chi connectivity index (χ0v) is 22.6. The molecule has 1 aromatic heterocycles. The van der Waals surface area contributed by atoms with Crippen LogP contribution >= 0.6 is 0 Å². The molecule has 0 aliphatic carbocycles. The van der Waals surface area contributed by atoms with Gasteiger partial charge < -0.3 is 21.7 Å². The number of hydrogen-bond acceptors (Lipinski definition) is 4. The minimum absolute atomic E-state index is 0.0116. The van der Waals surface area contributed by atoms with Gasteiger partial charge in [-0.15, -0.1) is 0 Å². The molecular formula is C32H32N6O2. The first-order chi connectivity index (χ1) is 19.3. The third-order valence-electron chi connectivity index (χ3n) is 6.97. The fraction of sp³-hybridized carbons (Fsp3) is 0.156. The van der Waals surface area contributed by atoms with E-state index in [-0.39, 0.29) is 23.1 Å². The fourth-order valence-corrected chi connectivity index (χ4v) is 4.62. The number of carbonyl (C=O) groups is 2. The lowest BCUT2D eigenvalue weighted by atomic mass is 10.0. The highest BCUT2D eigenvalue weighted by molar-refractivity contribution is 6.00. The lowest BCUT2D eigenvalue weighted by molar-refractivity contribution is -0.118. The van der Waals surface area contributed by atoms with E-state index >= 15 is 0 Å². The van der Waals surface area contributed by atoms with Gasteiger partial charge in [0.15, 0.2) is 0 Å². The molecule has 5 N–H and O–H groups in total. The summed E-state index contributed by atoms with van der Waals surface area (Å²) in [5.41, 5.74) is 14.0. The Morgan fingerprint density at radius 2 is 1.73 bits per heavy atom. The van der Waals surface area contributed by atoms with Gasteiger partial charge in [0.05, 0.1) is 23.6 Å². The number of aryl methyl sites for hydroxylation is 3. The molecule has 8 nitrogen and oxygen atoms in total. The Morgan fingerprint density at radius 3 is 2.50 bits per heavy atom. The van der Waals surface area contributed by atoms with Crippen LogP contribution in [0.4, 0.5) is 4.79 Å². The van der Waals surface area contributed by atoms with Crippen LogP contribution in [0, 0.1) is 6.92 Å². The molecule has 1 aliphatic rings. The number of aromatic nitrogens is 2. The molecule has 0 saturated heterocycles. The second-order valence-corrected chi connectivity index (χ2v) is 9.98. The number of nitrogens with two attached hydrogens (primary N) is 1. The number of benzene rings is 3. The minimum atomic E-state index is -0.546. The average molecular weight is 533 g/mol. The first-order valence-corrected chi connectivity index (χ1v) is 13.1. The molecule has 4 aromatic rings. The molecule has 0 fully saturated rings. The van der Waals surface area contributed by atoms with Crippen molar-refractivity contribution in [1.82, 2.24) is 25.7 Å². The van der Waals surface area contributed by atoms with Gasteiger partial charge in [-0.3, -0.25) is 9.48 Å². The van der Waals surface area contributed by atoms with E-state index < -0.39 is 11.9 Å². The fourth-order valence-electron chi connectivity index (χ4n) is 4.62. The molecule has 3 amide bonds. The van der Waals surface area contributed by atoms with Crippen LogP contribution < -0.4 is 21.7 Å². The van der Waals surface area contributed by atoms with Gasteiger partial charge in [0.2, 0.25) is 0 Å². The molecule has 1 atom stereocenters. The van der Waals surface area contributed by atoms with Gasteiger partial charge in [-0.25, -0.2) is 4.79 Å². The molecule has 0 radical (unpaired) electrons. The lowest BCUT2D eigenvalue weighted by Crippen LogP contribution is -2.47. The van der Waals surface area contributed by atoms with Crippen LogP contribution in [-0.2, 0) is 17.8 Å². The predicted molar refractivity (Wildman–Crippen MR) is 157 cm³/mol. The van der Waals surface area contributed by atoms with E-state index in [0.29, 0.717) is 0 Å². The van der Waals surface area contributed by atoms with Crippen LogP contribution in [0.5, 0.6) is 0 Å². The molecule has 1 aliphatic heterocycles. The normalized spacial score (nSPS) is 13.9. The first kappa shape index (κ1) is 26.5. The van der Waals surface area contributed by atoms with Crippen molar-refractivity contribution >= 4 is 11.9 Å². The Morgan fingerprint density at radius 1 is 1.00 bits per heavy atom. The summed E-state index contributed by atoms with van der Waals surface area (Å²) in [6, 6.07) is 24.3. The van der Waals surface area contributed by atoms with Gasteiger partial charge in [0.25, 0.3) is 5.91 Å². The SMILES string of the molecule is C=C1NC(=O)NC(C(=O)N[C@H](C)c2cccc(-c3cnn(CCc4cccc(-c5ccc(C)cc5)c4)c3)c2)=C1N. The van der Waals surface area contributed by atoms with Crippen molar-refractivity contribution in [2.45, 2.75) is 32.9 Å². The van der Waals surface area contributed by atoms with Crippen molar-refractivity contribution in [3.8, 4) is 22.3 Å². The second-order valence-electron chi connectivity index (χ2n) is 9.98. The zero-order chi connectivity index (χ0) is 28.2. The van der Waals surface area contributed by atoms with E-state index in [0.717, 1.165) is 29.7 Å². The van der Waals surface area contributed by atoms with Crippen LogP contribution in [0.1, 0.15) is 29.7 Å². The summed E-state index contributed by atoms with van der Waals surface area (Å²) in [6.45, 7) is 8.39. The Bertz CT molecular complexity index is 1620. The number of amides is 3. The highest BCUT2D eigenvalue weighted by Crippen LogP contribution is 2.24. The number of nitrogens with zero attached hydrogens (tertiary/aromatic N) is 2. The summed E-state index contributed by atoms with van der Waals surface area (Å²) in [5, 5.41) is 12.4. The topological polar surface area (TPSA) is 114 Å². The standard InChI is InChI=1S/C32H32N6O2/c1-20-10-12-24(13-11-20)26-8-4-6-23(16-26)14-15-38-19-28(18-34-38)27-9-5-7-25(17-27)21(2)35-31(39)30-29(33)22(3)36-32(40)37-30/h4-13,16-19,21H,3,14-15,33H2,1-2H3,(H,35,39)(H2,36,37,40)/t21-/m1/s1. The summed E-state index contributed by atoms with van der Waals surface area (Å²) < 4.78 is 1.95. The average Bonchev–Trinajstić information content (AvgIpc) is 3.43. The minimum Gasteiger partial charge on any atom is -0.395 e. The Hall–Kier alpha value is -5.11. The summed E-state index contributed by atoms with van der Waals surface area (Å²) >= 11 is 0. The monoisotopic (exact) mass is 532 g/mol. The van der Waals surface area contributed by atoms with Crippen LogP contribution in [0.25, 0.3) is 22.3 Å². The van der Waals surface area contributed by atoms with Crippen molar-refractivity contribution in [3.05, 3.63) is 126 Å². The molecule has 0 saturated carbocycles. The maximum Gasteiger partial charge on any atom is 0.323 e. The summed E-state index contributed by atoms with van der Waals surface area (Å²) in [5.74, 6) is -0.481. The molecule has 3 aromatic carbocycles. The van der Waals surface area contributed by atoms with E-state index in [2.05, 4.69) is 83.1 Å². The predicted octanol–water partition coefficient (Wildman–Crippen LogP) is 4.94. The van der Waals surface area contributed by atoms with E-state index in [9.17, 15) is 9.59 Å². The maximum absolute atomic E-state index is 12.8. The van der Waals surface area contributed by atoms with E-state index in [1.807, 2.05) is 48.3 Å². The third-order valence-corrected chi connectivity index (χ3v) is 6.97. The smallest absolute Gasteiger partial charge is 0.323 e.